The minimum Gasteiger partial charge on any atom is -0.367 e. The highest BCUT2D eigenvalue weighted by Crippen LogP contribution is 2.34. The van der Waals surface area contributed by atoms with Crippen LogP contribution in [0.5, 0.6) is 0 Å². The van der Waals surface area contributed by atoms with E-state index in [1.807, 2.05) is 4.68 Å². The fourth-order valence-electron chi connectivity index (χ4n) is 3.63. The lowest BCUT2D eigenvalue weighted by Gasteiger charge is -2.24. The standard InChI is InChI=1S/C16H21BrClN5O/c17-13-12-14(19-10-6-2-1-3-7-10)20-16(18)21-15(12)23(22-13)11-8-4-5-9-24-11/h10-11H,1-9H2,(H,19,20,21). The van der Waals surface area contributed by atoms with E-state index in [-0.39, 0.29) is 11.5 Å². The Bertz CT molecular complexity index is 725. The Kier molecular flexibility index (Phi) is 4.92. The zero-order valence-electron chi connectivity index (χ0n) is 13.5. The molecule has 1 saturated heterocycles. The third-order valence-corrected chi connectivity index (χ3v) is 5.58. The molecule has 1 aliphatic heterocycles. The molecule has 1 atom stereocenters. The molecule has 1 saturated carbocycles. The molecule has 2 aromatic heterocycles. The molecule has 0 radical (unpaired) electrons. The first-order valence-electron chi connectivity index (χ1n) is 8.72. The second-order valence-electron chi connectivity index (χ2n) is 6.58. The van der Waals surface area contributed by atoms with Gasteiger partial charge in [0.2, 0.25) is 5.28 Å². The van der Waals surface area contributed by atoms with Gasteiger partial charge in [0.25, 0.3) is 0 Å². The van der Waals surface area contributed by atoms with Crippen LogP contribution < -0.4 is 5.32 Å². The van der Waals surface area contributed by atoms with Gasteiger partial charge in [-0.3, -0.25) is 0 Å². The van der Waals surface area contributed by atoms with Gasteiger partial charge in [-0.1, -0.05) is 19.3 Å². The maximum absolute atomic E-state index is 6.20. The predicted octanol–water partition coefficient (Wildman–Crippen LogP) is 4.69. The van der Waals surface area contributed by atoms with Gasteiger partial charge in [0, 0.05) is 12.6 Å². The van der Waals surface area contributed by atoms with Crippen molar-refractivity contribution in [3.8, 4) is 0 Å². The largest absolute Gasteiger partial charge is 0.367 e. The highest BCUT2D eigenvalue weighted by Gasteiger charge is 2.25. The smallest absolute Gasteiger partial charge is 0.226 e. The monoisotopic (exact) mass is 413 g/mol. The average Bonchev–Trinajstić information content (AvgIpc) is 2.93. The summed E-state index contributed by atoms with van der Waals surface area (Å²) in [5.41, 5.74) is 0.729. The van der Waals surface area contributed by atoms with Crippen molar-refractivity contribution in [2.45, 2.75) is 63.6 Å². The van der Waals surface area contributed by atoms with Crippen LogP contribution in [0.15, 0.2) is 4.60 Å². The molecule has 130 valence electrons. The van der Waals surface area contributed by atoms with Crippen molar-refractivity contribution in [2.75, 3.05) is 11.9 Å². The molecule has 2 aliphatic rings. The van der Waals surface area contributed by atoms with Crippen molar-refractivity contribution in [2.24, 2.45) is 0 Å². The van der Waals surface area contributed by atoms with E-state index < -0.39 is 0 Å². The summed E-state index contributed by atoms with van der Waals surface area (Å²) in [6.07, 6.45) is 9.26. The van der Waals surface area contributed by atoms with Crippen LogP contribution in [0.4, 0.5) is 5.82 Å². The molecule has 0 amide bonds. The maximum atomic E-state index is 6.20. The van der Waals surface area contributed by atoms with Crippen LogP contribution in [-0.4, -0.2) is 32.4 Å². The number of nitrogens with one attached hydrogen (secondary N) is 1. The molecule has 0 bridgehead atoms. The first-order chi connectivity index (χ1) is 11.7. The van der Waals surface area contributed by atoms with Gasteiger partial charge >= 0.3 is 0 Å². The third-order valence-electron chi connectivity index (χ3n) is 4.86. The predicted molar refractivity (Wildman–Crippen MR) is 97.4 cm³/mol. The minimum absolute atomic E-state index is 0.0824. The van der Waals surface area contributed by atoms with Crippen LogP contribution in [-0.2, 0) is 4.74 Å². The van der Waals surface area contributed by atoms with Crippen molar-refractivity contribution in [3.05, 3.63) is 9.89 Å². The van der Waals surface area contributed by atoms with E-state index in [1.54, 1.807) is 0 Å². The molecule has 1 N–H and O–H groups in total. The summed E-state index contributed by atoms with van der Waals surface area (Å²) in [5, 5.41) is 9.31. The quantitative estimate of drug-likeness (QED) is 0.738. The molecule has 24 heavy (non-hydrogen) atoms. The summed E-state index contributed by atoms with van der Waals surface area (Å²) in [5.74, 6) is 0.769. The van der Waals surface area contributed by atoms with Crippen LogP contribution in [0.2, 0.25) is 5.28 Å². The summed E-state index contributed by atoms with van der Waals surface area (Å²) in [4.78, 5) is 8.86. The van der Waals surface area contributed by atoms with Gasteiger partial charge in [-0.15, -0.1) is 0 Å². The Morgan fingerprint density at radius 2 is 1.88 bits per heavy atom. The van der Waals surface area contributed by atoms with E-state index in [2.05, 4.69) is 36.3 Å². The van der Waals surface area contributed by atoms with Gasteiger partial charge in [0.15, 0.2) is 11.9 Å². The molecule has 8 heteroatoms. The van der Waals surface area contributed by atoms with E-state index in [0.29, 0.717) is 6.04 Å². The molecule has 3 heterocycles. The van der Waals surface area contributed by atoms with Crippen LogP contribution >= 0.6 is 27.5 Å². The normalized spacial score (nSPS) is 22.8. The minimum atomic E-state index is -0.0824. The van der Waals surface area contributed by atoms with Crippen molar-refractivity contribution in [1.82, 2.24) is 19.7 Å². The van der Waals surface area contributed by atoms with Crippen LogP contribution in [0.1, 0.15) is 57.6 Å². The number of hydrogen-bond acceptors (Lipinski definition) is 5. The van der Waals surface area contributed by atoms with E-state index in [9.17, 15) is 0 Å². The summed E-state index contributed by atoms with van der Waals surface area (Å²) >= 11 is 9.78. The molecule has 1 aliphatic carbocycles. The molecular weight excluding hydrogens is 394 g/mol. The molecule has 2 fully saturated rings. The number of nitrogens with zero attached hydrogens (tertiary/aromatic N) is 4. The third kappa shape index (κ3) is 3.26. The van der Waals surface area contributed by atoms with Gasteiger partial charge in [-0.2, -0.15) is 15.1 Å². The Morgan fingerprint density at radius 1 is 1.08 bits per heavy atom. The molecule has 4 rings (SSSR count). The number of ether oxygens (including phenoxy) is 1. The van der Waals surface area contributed by atoms with Gasteiger partial charge in [0.05, 0.1) is 5.39 Å². The van der Waals surface area contributed by atoms with Crippen molar-refractivity contribution >= 4 is 44.4 Å². The van der Waals surface area contributed by atoms with Crippen molar-refractivity contribution < 1.29 is 4.74 Å². The Hall–Kier alpha value is -0.920. The number of fused-ring (bicyclic) bond motifs is 1. The van der Waals surface area contributed by atoms with Crippen LogP contribution in [0.25, 0.3) is 11.0 Å². The summed E-state index contributed by atoms with van der Waals surface area (Å²) in [6, 6.07) is 0.439. The first kappa shape index (κ1) is 16.5. The average molecular weight is 415 g/mol. The molecule has 2 aromatic rings. The lowest BCUT2D eigenvalue weighted by Crippen LogP contribution is -2.23. The summed E-state index contributed by atoms with van der Waals surface area (Å²) < 4.78 is 8.45. The maximum Gasteiger partial charge on any atom is 0.226 e. The molecule has 6 nitrogen and oxygen atoms in total. The molecule has 0 spiro atoms. The van der Waals surface area contributed by atoms with Gasteiger partial charge in [-0.05, 0) is 59.6 Å². The fourth-order valence-corrected chi connectivity index (χ4v) is 4.33. The van der Waals surface area contributed by atoms with Crippen molar-refractivity contribution in [1.29, 1.82) is 0 Å². The summed E-state index contributed by atoms with van der Waals surface area (Å²) in [7, 11) is 0. The first-order valence-corrected chi connectivity index (χ1v) is 9.89. The lowest BCUT2D eigenvalue weighted by molar-refractivity contribution is -0.0371. The number of rotatable bonds is 3. The number of hydrogen-bond donors (Lipinski definition) is 1. The molecular formula is C16H21BrClN5O. The van der Waals surface area contributed by atoms with E-state index in [4.69, 9.17) is 16.3 Å². The number of aromatic nitrogens is 4. The topological polar surface area (TPSA) is 64.9 Å². The lowest BCUT2D eigenvalue weighted by atomic mass is 9.95. The van der Waals surface area contributed by atoms with Crippen LogP contribution in [0, 0.1) is 0 Å². The molecule has 1 unspecified atom stereocenters. The second-order valence-corrected chi connectivity index (χ2v) is 7.66. The number of anilines is 1. The highest BCUT2D eigenvalue weighted by molar-refractivity contribution is 9.10. The number of halogens is 2. The zero-order valence-corrected chi connectivity index (χ0v) is 15.8. The molecule has 0 aromatic carbocycles. The van der Waals surface area contributed by atoms with E-state index in [0.717, 1.165) is 47.3 Å². The second kappa shape index (κ2) is 7.14. The fraction of sp³-hybridized carbons (Fsp3) is 0.688. The Morgan fingerprint density at radius 3 is 2.62 bits per heavy atom. The van der Waals surface area contributed by atoms with Gasteiger partial charge in [0.1, 0.15) is 10.4 Å². The highest BCUT2D eigenvalue weighted by atomic mass is 79.9. The van der Waals surface area contributed by atoms with E-state index in [1.165, 1.54) is 32.1 Å². The Balaban J connectivity index is 1.72. The van der Waals surface area contributed by atoms with Crippen molar-refractivity contribution in [3.63, 3.8) is 0 Å². The van der Waals surface area contributed by atoms with Crippen LogP contribution in [0.3, 0.4) is 0 Å². The van der Waals surface area contributed by atoms with E-state index >= 15 is 0 Å². The zero-order chi connectivity index (χ0) is 16.5. The SMILES string of the molecule is Clc1nc(NC2CCCCC2)c2c(Br)nn(C3CCCCO3)c2n1. The van der Waals surface area contributed by atoms with Gasteiger partial charge in [-0.25, -0.2) is 4.68 Å². The van der Waals surface area contributed by atoms with Gasteiger partial charge < -0.3 is 10.1 Å². The Labute approximate surface area is 154 Å². The summed E-state index contributed by atoms with van der Waals surface area (Å²) in [6.45, 7) is 0.760.